The van der Waals surface area contributed by atoms with Crippen LogP contribution in [-0.2, 0) is 16.1 Å². The minimum atomic E-state index is -0.408. The van der Waals surface area contributed by atoms with Gasteiger partial charge in [-0.2, -0.15) is 0 Å². The number of amides is 2. The number of likely N-dealkylation sites (N-methyl/N-ethyl adjacent to an activating group) is 1. The molecule has 1 heterocycles. The van der Waals surface area contributed by atoms with Crippen LogP contribution in [0.5, 0.6) is 5.75 Å². The maximum Gasteiger partial charge on any atom is 0.234 e. The number of hydrogen-bond acceptors (Lipinski definition) is 4. The van der Waals surface area contributed by atoms with E-state index >= 15 is 0 Å². The van der Waals surface area contributed by atoms with E-state index in [1.54, 1.807) is 12.1 Å². The summed E-state index contributed by atoms with van der Waals surface area (Å²) in [4.78, 5) is 27.1. The van der Waals surface area contributed by atoms with Crippen LogP contribution in [0, 0.1) is 5.82 Å². The fourth-order valence-electron chi connectivity index (χ4n) is 2.92. The van der Waals surface area contributed by atoms with Crippen LogP contribution in [0.3, 0.4) is 0 Å². The Balaban J connectivity index is 1.65. The Morgan fingerprint density at radius 1 is 1.44 bits per heavy atom. The monoisotopic (exact) mass is 351 g/mol. The summed E-state index contributed by atoms with van der Waals surface area (Å²) < 4.78 is 18.6. The third-order valence-corrected chi connectivity index (χ3v) is 4.18. The summed E-state index contributed by atoms with van der Waals surface area (Å²) in [7, 11) is 3.23. The highest BCUT2D eigenvalue weighted by atomic mass is 19.1. The molecule has 1 aliphatic rings. The number of nitrogens with zero attached hydrogens (tertiary/aromatic N) is 2. The first-order valence-electron chi connectivity index (χ1n) is 8.55. The van der Waals surface area contributed by atoms with Crippen molar-refractivity contribution in [2.45, 2.75) is 25.8 Å². The van der Waals surface area contributed by atoms with E-state index in [1.165, 1.54) is 13.2 Å². The Kier molecular flexibility index (Phi) is 7.18. The van der Waals surface area contributed by atoms with Crippen LogP contribution in [0.4, 0.5) is 4.39 Å². The number of halogens is 1. The Hall–Kier alpha value is -2.15. The predicted molar refractivity (Wildman–Crippen MR) is 92.7 cm³/mol. The van der Waals surface area contributed by atoms with Gasteiger partial charge in [0.2, 0.25) is 11.8 Å². The van der Waals surface area contributed by atoms with E-state index in [9.17, 15) is 14.0 Å². The lowest BCUT2D eigenvalue weighted by Gasteiger charge is -2.18. The third kappa shape index (κ3) is 6.01. The summed E-state index contributed by atoms with van der Waals surface area (Å²) in [6.45, 7) is 2.77. The summed E-state index contributed by atoms with van der Waals surface area (Å²) >= 11 is 0. The van der Waals surface area contributed by atoms with Crippen molar-refractivity contribution in [3.63, 3.8) is 0 Å². The molecule has 0 spiro atoms. The molecule has 1 N–H and O–H groups in total. The topological polar surface area (TPSA) is 61.9 Å². The molecule has 0 unspecified atom stereocenters. The number of methoxy groups -OCH3 is 1. The highest BCUT2D eigenvalue weighted by Gasteiger charge is 2.19. The van der Waals surface area contributed by atoms with Crippen molar-refractivity contribution in [3.8, 4) is 5.75 Å². The van der Waals surface area contributed by atoms with Crippen molar-refractivity contribution >= 4 is 11.8 Å². The number of benzene rings is 1. The normalized spacial score (nSPS) is 14.2. The number of hydrogen-bond donors (Lipinski definition) is 1. The highest BCUT2D eigenvalue weighted by Crippen LogP contribution is 2.18. The summed E-state index contributed by atoms with van der Waals surface area (Å²) in [5.74, 6) is -0.0723. The maximum absolute atomic E-state index is 13.7. The minimum Gasteiger partial charge on any atom is -0.494 e. The van der Waals surface area contributed by atoms with Gasteiger partial charge in [0.05, 0.1) is 13.7 Å². The van der Waals surface area contributed by atoms with Crippen LogP contribution < -0.4 is 10.1 Å². The van der Waals surface area contributed by atoms with Crippen LogP contribution in [0.25, 0.3) is 0 Å². The van der Waals surface area contributed by atoms with Gasteiger partial charge < -0.3 is 15.0 Å². The first kappa shape index (κ1) is 19.2. The summed E-state index contributed by atoms with van der Waals surface area (Å²) in [5.41, 5.74) is 0.779. The summed E-state index contributed by atoms with van der Waals surface area (Å²) in [6, 6.07) is 4.78. The van der Waals surface area contributed by atoms with E-state index in [-0.39, 0.29) is 24.1 Å². The molecule has 1 aliphatic heterocycles. The molecule has 0 aromatic heterocycles. The van der Waals surface area contributed by atoms with Crippen LogP contribution in [0.15, 0.2) is 18.2 Å². The van der Waals surface area contributed by atoms with Gasteiger partial charge in [-0.15, -0.1) is 0 Å². The van der Waals surface area contributed by atoms with Gasteiger partial charge in [0, 0.05) is 32.6 Å². The second kappa shape index (κ2) is 9.36. The van der Waals surface area contributed by atoms with E-state index in [0.29, 0.717) is 26.1 Å². The van der Waals surface area contributed by atoms with E-state index < -0.39 is 5.82 Å². The quantitative estimate of drug-likeness (QED) is 0.683. The zero-order valence-electron chi connectivity index (χ0n) is 14.9. The highest BCUT2D eigenvalue weighted by molar-refractivity contribution is 5.78. The van der Waals surface area contributed by atoms with Crippen molar-refractivity contribution in [2.75, 3.05) is 40.3 Å². The van der Waals surface area contributed by atoms with E-state index in [0.717, 1.165) is 24.9 Å². The van der Waals surface area contributed by atoms with Crippen LogP contribution >= 0.6 is 0 Å². The van der Waals surface area contributed by atoms with Crippen molar-refractivity contribution in [3.05, 3.63) is 29.6 Å². The summed E-state index contributed by atoms with van der Waals surface area (Å²) in [6.07, 6.45) is 2.33. The van der Waals surface area contributed by atoms with Crippen molar-refractivity contribution in [1.29, 1.82) is 0 Å². The molecule has 1 aromatic carbocycles. The number of nitrogens with one attached hydrogen (secondary N) is 1. The molecule has 7 heteroatoms. The van der Waals surface area contributed by atoms with Crippen LogP contribution in [0.1, 0.15) is 24.8 Å². The number of carbonyl (C=O) groups is 2. The van der Waals surface area contributed by atoms with Gasteiger partial charge in [-0.1, -0.05) is 6.07 Å². The van der Waals surface area contributed by atoms with Gasteiger partial charge in [0.25, 0.3) is 0 Å². The largest absolute Gasteiger partial charge is 0.494 e. The Morgan fingerprint density at radius 3 is 2.88 bits per heavy atom. The number of carbonyl (C=O) groups excluding carboxylic acids is 2. The molecular weight excluding hydrogens is 325 g/mol. The molecule has 6 nitrogen and oxygen atoms in total. The molecule has 1 saturated heterocycles. The standard InChI is InChI=1S/C18H26FN3O3/c1-21(12-14-6-7-16(25-2)15(19)11-14)13-17(23)20-8-4-10-22-9-3-5-18(22)24/h6-7,11H,3-5,8-10,12-13H2,1-2H3,(H,20,23). The van der Waals surface area contributed by atoms with E-state index in [1.807, 2.05) is 16.8 Å². The van der Waals surface area contributed by atoms with Gasteiger partial charge in [-0.3, -0.25) is 14.5 Å². The van der Waals surface area contributed by atoms with E-state index in [4.69, 9.17) is 4.74 Å². The van der Waals surface area contributed by atoms with Crippen LogP contribution in [0.2, 0.25) is 0 Å². The predicted octanol–water partition coefficient (Wildman–Crippen LogP) is 1.39. The minimum absolute atomic E-state index is 0.0794. The lowest BCUT2D eigenvalue weighted by Crippen LogP contribution is -2.36. The fourth-order valence-corrected chi connectivity index (χ4v) is 2.92. The molecule has 2 rings (SSSR count). The molecule has 0 radical (unpaired) electrons. The Bertz CT molecular complexity index is 609. The molecule has 0 saturated carbocycles. The zero-order chi connectivity index (χ0) is 18.2. The fraction of sp³-hybridized carbons (Fsp3) is 0.556. The molecular formula is C18H26FN3O3. The number of ether oxygens (including phenoxy) is 1. The van der Waals surface area contributed by atoms with Crippen molar-refractivity contribution < 1.29 is 18.7 Å². The molecule has 0 bridgehead atoms. The second-order valence-electron chi connectivity index (χ2n) is 6.33. The zero-order valence-corrected chi connectivity index (χ0v) is 14.9. The Morgan fingerprint density at radius 2 is 2.24 bits per heavy atom. The van der Waals surface area contributed by atoms with Crippen molar-refractivity contribution in [1.82, 2.24) is 15.1 Å². The summed E-state index contributed by atoms with van der Waals surface area (Å²) in [5, 5.41) is 2.86. The third-order valence-electron chi connectivity index (χ3n) is 4.18. The second-order valence-corrected chi connectivity index (χ2v) is 6.33. The molecule has 0 aliphatic carbocycles. The smallest absolute Gasteiger partial charge is 0.234 e. The molecule has 1 fully saturated rings. The average Bonchev–Trinajstić information content (AvgIpc) is 2.97. The molecule has 25 heavy (non-hydrogen) atoms. The number of rotatable bonds is 9. The lowest BCUT2D eigenvalue weighted by molar-refractivity contribution is -0.127. The van der Waals surface area contributed by atoms with Gasteiger partial charge in [-0.25, -0.2) is 4.39 Å². The SMILES string of the molecule is COc1ccc(CN(C)CC(=O)NCCCN2CCCC2=O)cc1F. The van der Waals surface area contributed by atoms with Crippen molar-refractivity contribution in [2.24, 2.45) is 0 Å². The maximum atomic E-state index is 13.7. The van der Waals surface area contributed by atoms with E-state index in [2.05, 4.69) is 5.32 Å². The molecule has 1 aromatic rings. The van der Waals surface area contributed by atoms with Gasteiger partial charge >= 0.3 is 0 Å². The van der Waals surface area contributed by atoms with Gasteiger partial charge in [-0.05, 0) is 37.6 Å². The van der Waals surface area contributed by atoms with Gasteiger partial charge in [0.1, 0.15) is 0 Å². The molecule has 138 valence electrons. The van der Waals surface area contributed by atoms with Gasteiger partial charge in [0.15, 0.2) is 11.6 Å². The molecule has 2 amide bonds. The van der Waals surface area contributed by atoms with Crippen LogP contribution in [-0.4, -0.2) is 62.0 Å². The molecule has 0 atom stereocenters. The first-order valence-corrected chi connectivity index (χ1v) is 8.55. The number of likely N-dealkylation sites (tertiary alicyclic amines) is 1. The average molecular weight is 351 g/mol. The lowest BCUT2D eigenvalue weighted by atomic mass is 10.2. The first-order chi connectivity index (χ1) is 12.0. The Labute approximate surface area is 147 Å².